The van der Waals surface area contributed by atoms with E-state index in [1.54, 1.807) is 67.6 Å². The predicted octanol–water partition coefficient (Wildman–Crippen LogP) is 6.84. The Morgan fingerprint density at radius 1 is 1.12 bits per heavy atom. The molecule has 0 N–H and O–H groups in total. The number of carbonyl (C=O) groups excluding carboxylic acids is 2. The van der Waals surface area contributed by atoms with Crippen molar-refractivity contribution in [1.29, 1.82) is 0 Å². The third kappa shape index (κ3) is 4.61. The minimum absolute atomic E-state index is 0.268. The summed E-state index contributed by atoms with van der Waals surface area (Å²) in [6.45, 7) is 2.08. The van der Waals surface area contributed by atoms with Crippen molar-refractivity contribution in [2.45, 2.75) is 6.92 Å². The zero-order valence-corrected chi connectivity index (χ0v) is 19.8. The number of thiocarbonyl (C=S) groups is 1. The largest absolute Gasteiger partial charge is 0.462 e. The molecule has 0 atom stereocenters. The number of anilines is 1. The third-order valence-electron chi connectivity index (χ3n) is 4.54. The Morgan fingerprint density at radius 3 is 2.56 bits per heavy atom. The van der Waals surface area contributed by atoms with Crippen LogP contribution < -0.4 is 4.90 Å². The maximum absolute atomic E-state index is 12.9. The molecule has 2 heterocycles. The summed E-state index contributed by atoms with van der Waals surface area (Å²) in [4.78, 5) is 26.6. The van der Waals surface area contributed by atoms with E-state index in [1.165, 1.54) is 16.7 Å². The lowest BCUT2D eigenvalue weighted by Gasteiger charge is -2.15. The molecule has 9 heteroatoms. The fourth-order valence-electron chi connectivity index (χ4n) is 3.01. The van der Waals surface area contributed by atoms with Crippen LogP contribution in [-0.2, 0) is 9.53 Å². The quantitative estimate of drug-likeness (QED) is 0.216. The number of hydrogen-bond donors (Lipinski definition) is 0. The summed E-state index contributed by atoms with van der Waals surface area (Å²) in [7, 11) is 0. The van der Waals surface area contributed by atoms with Gasteiger partial charge in [0.15, 0.2) is 4.32 Å². The molecule has 0 aliphatic carbocycles. The van der Waals surface area contributed by atoms with Gasteiger partial charge in [0.2, 0.25) is 0 Å². The molecular weight excluding hydrogens is 489 g/mol. The number of amides is 1. The monoisotopic (exact) mass is 503 g/mol. The number of halogens is 2. The second-order valence-electron chi connectivity index (χ2n) is 6.62. The maximum Gasteiger partial charge on any atom is 0.338 e. The lowest BCUT2D eigenvalue weighted by Crippen LogP contribution is -2.27. The van der Waals surface area contributed by atoms with Crippen molar-refractivity contribution in [3.05, 3.63) is 80.9 Å². The van der Waals surface area contributed by atoms with Crippen LogP contribution in [0.3, 0.4) is 0 Å². The van der Waals surface area contributed by atoms with Crippen molar-refractivity contribution in [2.24, 2.45) is 0 Å². The normalized spacial score (nSPS) is 15.0. The maximum atomic E-state index is 12.9. The summed E-state index contributed by atoms with van der Waals surface area (Å²) in [5, 5.41) is 0.738. The van der Waals surface area contributed by atoms with Crippen molar-refractivity contribution < 1.29 is 18.7 Å². The molecule has 4 rings (SSSR count). The Labute approximate surface area is 203 Å². The van der Waals surface area contributed by atoms with Gasteiger partial charge in [0, 0.05) is 11.6 Å². The fraction of sp³-hybridized carbons (Fsp3) is 0.0870. The molecule has 0 saturated carbocycles. The number of rotatable bonds is 5. The molecule has 1 aliphatic rings. The van der Waals surface area contributed by atoms with Gasteiger partial charge in [0.1, 0.15) is 11.5 Å². The van der Waals surface area contributed by atoms with Crippen LogP contribution in [0, 0.1) is 0 Å². The van der Waals surface area contributed by atoms with Gasteiger partial charge in [-0.2, -0.15) is 0 Å². The van der Waals surface area contributed by atoms with Crippen molar-refractivity contribution in [3.8, 4) is 11.3 Å². The molecule has 32 heavy (non-hydrogen) atoms. The summed E-state index contributed by atoms with van der Waals surface area (Å²) < 4.78 is 11.3. The molecule has 0 bridgehead atoms. The van der Waals surface area contributed by atoms with Crippen LogP contribution in [-0.4, -0.2) is 22.8 Å². The third-order valence-corrected chi connectivity index (χ3v) is 6.58. The van der Waals surface area contributed by atoms with E-state index < -0.39 is 0 Å². The van der Waals surface area contributed by atoms with Gasteiger partial charge in [-0.25, -0.2) is 4.79 Å². The van der Waals surface area contributed by atoms with Crippen LogP contribution in [0.1, 0.15) is 23.0 Å². The number of nitrogens with zero attached hydrogens (tertiary/aromatic N) is 1. The van der Waals surface area contributed by atoms with Crippen molar-refractivity contribution >= 4 is 75.1 Å². The van der Waals surface area contributed by atoms with Gasteiger partial charge < -0.3 is 9.15 Å². The first-order valence-electron chi connectivity index (χ1n) is 9.47. The Hall–Kier alpha value is -2.58. The molecular formula is C23H15Cl2NO4S2. The second kappa shape index (κ2) is 9.50. The first-order valence-corrected chi connectivity index (χ1v) is 11.5. The molecule has 162 valence electrons. The molecule has 0 unspecified atom stereocenters. The minimum atomic E-state index is -0.372. The molecule has 5 nitrogen and oxygen atoms in total. The zero-order chi connectivity index (χ0) is 22.8. The molecule has 1 fully saturated rings. The molecule has 1 amide bonds. The Bertz CT molecular complexity index is 1250. The van der Waals surface area contributed by atoms with E-state index in [0.717, 1.165) is 5.56 Å². The second-order valence-corrected chi connectivity index (χ2v) is 9.11. The van der Waals surface area contributed by atoms with E-state index in [2.05, 4.69) is 0 Å². The molecule has 1 saturated heterocycles. The van der Waals surface area contributed by atoms with Gasteiger partial charge >= 0.3 is 5.97 Å². The van der Waals surface area contributed by atoms with Gasteiger partial charge in [-0.05, 0) is 49.4 Å². The highest BCUT2D eigenvalue weighted by molar-refractivity contribution is 8.27. The van der Waals surface area contributed by atoms with E-state index in [-0.39, 0.29) is 11.9 Å². The van der Waals surface area contributed by atoms with Crippen LogP contribution in [0.5, 0.6) is 0 Å². The highest BCUT2D eigenvalue weighted by Crippen LogP contribution is 2.38. The summed E-state index contributed by atoms with van der Waals surface area (Å²) in [6.07, 6.45) is 1.65. The van der Waals surface area contributed by atoms with Crippen LogP contribution in [0.2, 0.25) is 10.0 Å². The Kier molecular flexibility index (Phi) is 6.71. The van der Waals surface area contributed by atoms with Crippen molar-refractivity contribution in [1.82, 2.24) is 0 Å². The topological polar surface area (TPSA) is 59.8 Å². The molecule has 1 aromatic heterocycles. The standard InChI is InChI=1S/C23H15Cl2NO4S2/c1-2-29-22(28)14-5-3-13(4-6-14)19-10-8-16(30-19)12-20-21(27)26(23(31)32-20)15-7-9-17(24)18(25)11-15/h3-12H,2H2,1H3/b20-12-. The molecule has 1 aliphatic heterocycles. The van der Waals surface area contributed by atoms with E-state index in [1.807, 2.05) is 0 Å². The first kappa shape index (κ1) is 22.6. The number of ether oxygens (including phenoxy) is 1. The Morgan fingerprint density at radius 2 is 1.88 bits per heavy atom. The number of benzene rings is 2. The SMILES string of the molecule is CCOC(=O)c1ccc(-c2ccc(/C=C3\SC(=S)N(c4ccc(Cl)c(Cl)c4)C3=O)o2)cc1. The Balaban J connectivity index is 1.54. The zero-order valence-electron chi connectivity index (χ0n) is 16.6. The summed E-state index contributed by atoms with van der Waals surface area (Å²) in [6, 6.07) is 15.4. The number of hydrogen-bond acceptors (Lipinski definition) is 6. The van der Waals surface area contributed by atoms with Gasteiger partial charge in [-0.3, -0.25) is 9.69 Å². The van der Waals surface area contributed by atoms with Crippen LogP contribution in [0.4, 0.5) is 5.69 Å². The summed E-state index contributed by atoms with van der Waals surface area (Å²) >= 11 is 18.6. The first-order chi connectivity index (χ1) is 15.4. The minimum Gasteiger partial charge on any atom is -0.462 e. The number of furan rings is 1. The number of thioether (sulfide) groups is 1. The van der Waals surface area contributed by atoms with Crippen molar-refractivity contribution in [2.75, 3.05) is 11.5 Å². The van der Waals surface area contributed by atoms with Gasteiger partial charge in [0.05, 0.1) is 32.8 Å². The number of carbonyl (C=O) groups is 2. The fourth-order valence-corrected chi connectivity index (χ4v) is 4.59. The highest BCUT2D eigenvalue weighted by atomic mass is 35.5. The van der Waals surface area contributed by atoms with Gasteiger partial charge in [-0.1, -0.05) is 59.3 Å². The molecule has 0 radical (unpaired) electrons. The molecule has 2 aromatic carbocycles. The van der Waals surface area contributed by atoms with E-state index in [0.29, 0.717) is 48.6 Å². The van der Waals surface area contributed by atoms with E-state index in [9.17, 15) is 9.59 Å². The van der Waals surface area contributed by atoms with Crippen molar-refractivity contribution in [3.63, 3.8) is 0 Å². The van der Waals surface area contributed by atoms with E-state index in [4.69, 9.17) is 44.6 Å². The predicted molar refractivity (Wildman–Crippen MR) is 132 cm³/mol. The van der Waals surface area contributed by atoms with Crippen LogP contribution in [0.25, 0.3) is 17.4 Å². The molecule has 0 spiro atoms. The van der Waals surface area contributed by atoms with E-state index >= 15 is 0 Å². The van der Waals surface area contributed by atoms with Crippen LogP contribution in [0.15, 0.2) is 63.9 Å². The summed E-state index contributed by atoms with van der Waals surface area (Å²) in [5.41, 5.74) is 1.81. The average Bonchev–Trinajstić information content (AvgIpc) is 3.35. The van der Waals surface area contributed by atoms with Crippen LogP contribution >= 0.6 is 47.2 Å². The number of esters is 1. The molecule has 3 aromatic rings. The lowest BCUT2D eigenvalue weighted by atomic mass is 10.1. The lowest BCUT2D eigenvalue weighted by molar-refractivity contribution is -0.113. The van der Waals surface area contributed by atoms with Gasteiger partial charge in [0.25, 0.3) is 5.91 Å². The summed E-state index contributed by atoms with van der Waals surface area (Å²) in [5.74, 6) is 0.467. The highest BCUT2D eigenvalue weighted by Gasteiger charge is 2.33. The van der Waals surface area contributed by atoms with Gasteiger partial charge in [-0.15, -0.1) is 0 Å². The average molecular weight is 504 g/mol. The smallest absolute Gasteiger partial charge is 0.338 e.